The number of rotatable bonds is 3. The summed E-state index contributed by atoms with van der Waals surface area (Å²) in [4.78, 5) is 27.3. The van der Waals surface area contributed by atoms with Gasteiger partial charge in [-0.15, -0.1) is 0 Å². The average molecular weight is 429 g/mol. The molecule has 2 fully saturated rings. The zero-order valence-corrected chi connectivity index (χ0v) is 16.4. The van der Waals surface area contributed by atoms with Gasteiger partial charge in [0.2, 0.25) is 0 Å². The van der Waals surface area contributed by atoms with Gasteiger partial charge in [0, 0.05) is 10.9 Å². The van der Waals surface area contributed by atoms with Gasteiger partial charge in [-0.25, -0.2) is 4.79 Å². The lowest BCUT2D eigenvalue weighted by Gasteiger charge is -2.53. The van der Waals surface area contributed by atoms with Crippen LogP contribution in [-0.2, 0) is 11.3 Å². The number of hydrogen-bond donors (Lipinski definition) is 2. The number of halogens is 1. The second-order valence-corrected chi connectivity index (χ2v) is 8.15. The van der Waals surface area contributed by atoms with E-state index in [1.165, 1.54) is 4.90 Å². The van der Waals surface area contributed by atoms with Crippen LogP contribution >= 0.6 is 15.9 Å². The van der Waals surface area contributed by atoms with Crippen LogP contribution < -0.4 is 5.32 Å². The fraction of sp³-hybridized carbons (Fsp3) is 0.333. The molecule has 1 saturated carbocycles. The highest BCUT2D eigenvalue weighted by atomic mass is 79.9. The van der Waals surface area contributed by atoms with Gasteiger partial charge in [0.25, 0.3) is 0 Å². The Morgan fingerprint density at radius 2 is 1.93 bits per heavy atom. The highest BCUT2D eigenvalue weighted by Gasteiger charge is 2.57. The van der Waals surface area contributed by atoms with E-state index >= 15 is 0 Å². The lowest BCUT2D eigenvalue weighted by molar-refractivity contribution is -0.180. The number of Topliss-reactive ketones (excluding diaryl/α,β-unsaturated/α-hetero) is 1. The van der Waals surface area contributed by atoms with E-state index in [2.05, 4.69) is 21.2 Å². The number of nitrogens with one attached hydrogen (secondary N) is 1. The fourth-order valence-electron chi connectivity index (χ4n) is 4.27. The van der Waals surface area contributed by atoms with Crippen LogP contribution in [0.2, 0.25) is 0 Å². The third kappa shape index (κ3) is 3.28. The number of fused-ring (bicyclic) bond motifs is 1. The largest absolute Gasteiger partial charge is 0.370 e. The summed E-state index contributed by atoms with van der Waals surface area (Å²) in [5.74, 6) is -0.700. The smallest absolute Gasteiger partial charge is 0.320 e. The van der Waals surface area contributed by atoms with Crippen LogP contribution in [0.4, 0.5) is 4.79 Å². The molecule has 4 rings (SSSR count). The lowest BCUT2D eigenvalue weighted by atomic mass is 9.71. The van der Waals surface area contributed by atoms with Crippen LogP contribution in [0.1, 0.15) is 36.4 Å². The van der Waals surface area contributed by atoms with E-state index in [1.54, 1.807) is 0 Å². The molecule has 0 radical (unpaired) electrons. The van der Waals surface area contributed by atoms with E-state index in [0.29, 0.717) is 19.3 Å². The van der Waals surface area contributed by atoms with Crippen molar-refractivity contribution < 1.29 is 14.7 Å². The van der Waals surface area contributed by atoms with Crippen molar-refractivity contribution in [1.82, 2.24) is 10.2 Å². The first-order valence-corrected chi connectivity index (χ1v) is 9.91. The first-order chi connectivity index (χ1) is 13.0. The zero-order valence-electron chi connectivity index (χ0n) is 14.8. The maximum atomic E-state index is 13.0. The van der Waals surface area contributed by atoms with Crippen molar-refractivity contribution >= 4 is 27.7 Å². The Morgan fingerprint density at radius 1 is 1.15 bits per heavy atom. The van der Waals surface area contributed by atoms with Crippen molar-refractivity contribution in [3.63, 3.8) is 0 Å². The molecule has 0 bridgehead atoms. The van der Waals surface area contributed by atoms with Crippen LogP contribution in [0.15, 0.2) is 59.1 Å². The van der Waals surface area contributed by atoms with Gasteiger partial charge in [-0.3, -0.25) is 9.69 Å². The van der Waals surface area contributed by atoms with E-state index < -0.39 is 17.7 Å². The van der Waals surface area contributed by atoms with E-state index in [-0.39, 0.29) is 18.4 Å². The van der Waals surface area contributed by atoms with Crippen molar-refractivity contribution in [3.8, 4) is 0 Å². The molecule has 2 aromatic carbocycles. The van der Waals surface area contributed by atoms with Crippen molar-refractivity contribution in [2.45, 2.75) is 37.6 Å². The van der Waals surface area contributed by atoms with Gasteiger partial charge in [0.1, 0.15) is 5.78 Å². The molecule has 2 N–H and O–H groups in total. The number of urea groups is 1. The molecule has 5 nitrogen and oxygen atoms in total. The van der Waals surface area contributed by atoms with E-state index in [1.807, 2.05) is 54.6 Å². The Hall–Kier alpha value is -2.18. The van der Waals surface area contributed by atoms with Crippen molar-refractivity contribution in [2.24, 2.45) is 5.92 Å². The Labute approximate surface area is 166 Å². The van der Waals surface area contributed by atoms with Gasteiger partial charge in [-0.05, 0) is 36.1 Å². The minimum Gasteiger partial charge on any atom is -0.370 e. The first kappa shape index (κ1) is 18.2. The van der Waals surface area contributed by atoms with Crippen LogP contribution in [0.25, 0.3) is 0 Å². The molecule has 0 unspecified atom stereocenters. The number of nitrogens with zero attached hydrogens (tertiary/aromatic N) is 1. The topological polar surface area (TPSA) is 69.6 Å². The fourth-order valence-corrected chi connectivity index (χ4v) is 4.68. The molecule has 1 aliphatic heterocycles. The third-order valence-corrected chi connectivity index (χ3v) is 6.02. The monoisotopic (exact) mass is 428 g/mol. The van der Waals surface area contributed by atoms with Gasteiger partial charge in [-0.1, -0.05) is 58.4 Å². The van der Waals surface area contributed by atoms with Crippen LogP contribution in [0.3, 0.4) is 0 Å². The van der Waals surface area contributed by atoms with E-state index in [9.17, 15) is 14.7 Å². The average Bonchev–Trinajstić information content (AvgIpc) is 2.65. The minimum atomic E-state index is -1.49. The maximum absolute atomic E-state index is 13.0. The lowest BCUT2D eigenvalue weighted by Crippen LogP contribution is -2.69. The Morgan fingerprint density at radius 3 is 2.67 bits per heavy atom. The van der Waals surface area contributed by atoms with E-state index in [0.717, 1.165) is 15.6 Å². The number of amides is 2. The molecular weight excluding hydrogens is 408 g/mol. The molecule has 140 valence electrons. The Balaban J connectivity index is 1.74. The van der Waals surface area contributed by atoms with Gasteiger partial charge in [0.05, 0.1) is 18.5 Å². The molecule has 1 saturated heterocycles. The molecule has 2 amide bonds. The SMILES string of the molecule is O=C1CCC[C@]2(O)[C@@H]1[C@H](c1cccc(Br)c1)NC(=O)N2Cc1ccccc1. The summed E-state index contributed by atoms with van der Waals surface area (Å²) >= 11 is 3.45. The Kier molecular flexibility index (Phi) is 4.78. The molecule has 1 aliphatic carbocycles. The molecule has 0 spiro atoms. The first-order valence-electron chi connectivity index (χ1n) is 9.12. The molecule has 3 atom stereocenters. The second-order valence-electron chi connectivity index (χ2n) is 7.23. The van der Waals surface area contributed by atoms with Crippen LogP contribution in [0.5, 0.6) is 0 Å². The van der Waals surface area contributed by atoms with E-state index in [4.69, 9.17) is 0 Å². The van der Waals surface area contributed by atoms with Crippen LogP contribution in [-0.4, -0.2) is 27.5 Å². The highest BCUT2D eigenvalue weighted by molar-refractivity contribution is 9.10. The Bertz CT molecular complexity index is 873. The molecule has 0 aromatic heterocycles. The van der Waals surface area contributed by atoms with Crippen molar-refractivity contribution in [3.05, 3.63) is 70.2 Å². The standard InChI is InChI=1S/C21H21BrN2O3/c22-16-9-4-8-15(12-16)19-18-17(25)10-5-11-21(18,27)24(20(26)23-19)13-14-6-2-1-3-7-14/h1-4,6-9,12,18-19,27H,5,10-11,13H2,(H,23,26)/t18-,19-,21-/m0/s1. The number of ketones is 1. The molecule has 2 aliphatic rings. The molecule has 1 heterocycles. The molecule has 2 aromatic rings. The molecule has 6 heteroatoms. The van der Waals surface area contributed by atoms with Gasteiger partial charge >= 0.3 is 6.03 Å². The predicted octanol–water partition coefficient (Wildman–Crippen LogP) is 3.77. The molecule has 27 heavy (non-hydrogen) atoms. The highest BCUT2D eigenvalue weighted by Crippen LogP contribution is 2.45. The number of carbonyl (C=O) groups excluding carboxylic acids is 2. The predicted molar refractivity (Wildman–Crippen MR) is 105 cm³/mol. The number of aliphatic hydroxyl groups is 1. The normalized spacial score (nSPS) is 27.9. The second kappa shape index (κ2) is 7.09. The number of hydrogen-bond acceptors (Lipinski definition) is 3. The van der Waals surface area contributed by atoms with Crippen LogP contribution in [0, 0.1) is 5.92 Å². The number of carbonyl (C=O) groups is 2. The molecular formula is C21H21BrN2O3. The summed E-state index contributed by atoms with van der Waals surface area (Å²) in [6.07, 6.45) is 1.40. The van der Waals surface area contributed by atoms with Crippen molar-refractivity contribution in [2.75, 3.05) is 0 Å². The summed E-state index contributed by atoms with van der Waals surface area (Å²) in [6.45, 7) is 0.262. The maximum Gasteiger partial charge on any atom is 0.320 e. The quantitative estimate of drug-likeness (QED) is 0.781. The zero-order chi connectivity index (χ0) is 19.0. The summed E-state index contributed by atoms with van der Waals surface area (Å²) in [7, 11) is 0. The van der Waals surface area contributed by atoms with Gasteiger partial charge < -0.3 is 10.4 Å². The summed E-state index contributed by atoms with van der Waals surface area (Å²) in [5, 5.41) is 14.6. The van der Waals surface area contributed by atoms with Gasteiger partial charge in [-0.2, -0.15) is 0 Å². The van der Waals surface area contributed by atoms with Gasteiger partial charge in [0.15, 0.2) is 5.72 Å². The summed E-state index contributed by atoms with van der Waals surface area (Å²) in [6, 6.07) is 16.2. The third-order valence-electron chi connectivity index (χ3n) is 5.53. The summed E-state index contributed by atoms with van der Waals surface area (Å²) < 4.78 is 0.868. The minimum absolute atomic E-state index is 0.00760. The number of benzene rings is 2. The summed E-state index contributed by atoms with van der Waals surface area (Å²) in [5.41, 5.74) is 0.245. The van der Waals surface area contributed by atoms with Crippen molar-refractivity contribution in [1.29, 1.82) is 0 Å².